The standard InChI is InChI=1S/C12H13N3O5/c13-12(18)9-5-8(15(19)20)3-4-10(9)14(6-11(16)17)7-1-2-7/h3-5,7H,1-2,6H2,(H2,13,18)(H,16,17). The maximum atomic E-state index is 11.5. The molecule has 1 aliphatic rings. The van der Waals surface area contributed by atoms with E-state index in [0.29, 0.717) is 5.69 Å². The lowest BCUT2D eigenvalue weighted by Gasteiger charge is -2.24. The van der Waals surface area contributed by atoms with Crippen molar-refractivity contribution in [1.29, 1.82) is 0 Å². The van der Waals surface area contributed by atoms with Crippen LogP contribution in [0.5, 0.6) is 0 Å². The van der Waals surface area contributed by atoms with Gasteiger partial charge in [0.1, 0.15) is 6.54 Å². The minimum absolute atomic E-state index is 0.0330. The van der Waals surface area contributed by atoms with Crippen molar-refractivity contribution in [3.8, 4) is 0 Å². The van der Waals surface area contributed by atoms with Crippen LogP contribution in [0.4, 0.5) is 11.4 Å². The molecule has 0 unspecified atom stereocenters. The van der Waals surface area contributed by atoms with Crippen LogP contribution in [0, 0.1) is 10.1 Å². The number of nitro benzene ring substituents is 1. The summed E-state index contributed by atoms with van der Waals surface area (Å²) in [6.45, 7) is -0.275. The van der Waals surface area contributed by atoms with Crippen LogP contribution in [-0.2, 0) is 4.79 Å². The van der Waals surface area contributed by atoms with Crippen molar-refractivity contribution in [2.45, 2.75) is 18.9 Å². The predicted molar refractivity (Wildman–Crippen MR) is 69.6 cm³/mol. The Morgan fingerprint density at radius 2 is 2.10 bits per heavy atom. The number of hydrogen-bond acceptors (Lipinski definition) is 5. The number of nitrogens with two attached hydrogens (primary N) is 1. The Morgan fingerprint density at radius 3 is 2.55 bits per heavy atom. The third kappa shape index (κ3) is 2.85. The maximum absolute atomic E-state index is 11.5. The molecule has 0 radical (unpaired) electrons. The number of carboxylic acid groups (broad SMARTS) is 1. The number of amides is 1. The second kappa shape index (κ2) is 5.16. The Morgan fingerprint density at radius 1 is 1.45 bits per heavy atom. The Kier molecular flexibility index (Phi) is 3.55. The van der Waals surface area contributed by atoms with Crippen LogP contribution in [-0.4, -0.2) is 34.5 Å². The number of non-ortho nitro benzene ring substituents is 1. The van der Waals surface area contributed by atoms with Crippen molar-refractivity contribution < 1.29 is 19.6 Å². The van der Waals surface area contributed by atoms with Gasteiger partial charge in [-0.25, -0.2) is 0 Å². The van der Waals surface area contributed by atoms with Gasteiger partial charge in [-0.1, -0.05) is 0 Å². The lowest BCUT2D eigenvalue weighted by atomic mass is 10.1. The molecule has 1 aromatic rings. The average molecular weight is 279 g/mol. The van der Waals surface area contributed by atoms with Gasteiger partial charge >= 0.3 is 5.97 Å². The van der Waals surface area contributed by atoms with E-state index in [1.807, 2.05) is 0 Å². The van der Waals surface area contributed by atoms with E-state index in [4.69, 9.17) is 10.8 Å². The van der Waals surface area contributed by atoms with Crippen LogP contribution in [0.1, 0.15) is 23.2 Å². The van der Waals surface area contributed by atoms with E-state index in [0.717, 1.165) is 18.9 Å². The molecule has 0 bridgehead atoms. The monoisotopic (exact) mass is 279 g/mol. The molecule has 0 spiro atoms. The van der Waals surface area contributed by atoms with E-state index in [9.17, 15) is 19.7 Å². The van der Waals surface area contributed by atoms with E-state index in [2.05, 4.69) is 0 Å². The van der Waals surface area contributed by atoms with E-state index >= 15 is 0 Å². The van der Waals surface area contributed by atoms with Gasteiger partial charge in [-0.05, 0) is 18.9 Å². The summed E-state index contributed by atoms with van der Waals surface area (Å²) < 4.78 is 0. The van der Waals surface area contributed by atoms with Gasteiger partial charge in [-0.2, -0.15) is 0 Å². The lowest BCUT2D eigenvalue weighted by Crippen LogP contribution is -2.33. The van der Waals surface area contributed by atoms with Gasteiger partial charge in [0.2, 0.25) is 0 Å². The normalized spacial score (nSPS) is 13.8. The zero-order chi connectivity index (χ0) is 14.9. The minimum atomic E-state index is -1.04. The van der Waals surface area contributed by atoms with Crippen LogP contribution in [0.15, 0.2) is 18.2 Å². The molecule has 3 N–H and O–H groups in total. The van der Waals surface area contributed by atoms with Gasteiger partial charge in [0.25, 0.3) is 11.6 Å². The van der Waals surface area contributed by atoms with Crippen LogP contribution in [0.3, 0.4) is 0 Å². The second-order valence-electron chi connectivity index (χ2n) is 4.58. The van der Waals surface area contributed by atoms with Crippen molar-refractivity contribution in [2.75, 3.05) is 11.4 Å². The minimum Gasteiger partial charge on any atom is -0.480 e. The molecule has 1 aliphatic carbocycles. The Hall–Kier alpha value is -2.64. The number of benzene rings is 1. The molecule has 0 atom stereocenters. The van der Waals surface area contributed by atoms with E-state index in [1.165, 1.54) is 12.1 Å². The first-order valence-electron chi connectivity index (χ1n) is 5.97. The van der Waals surface area contributed by atoms with Crippen molar-refractivity contribution in [3.05, 3.63) is 33.9 Å². The predicted octanol–water partition coefficient (Wildman–Crippen LogP) is 0.747. The summed E-state index contributed by atoms with van der Waals surface area (Å²) in [6, 6.07) is 3.72. The fraction of sp³-hybridized carbons (Fsp3) is 0.333. The molecular formula is C12H13N3O5. The number of aliphatic carboxylic acids is 1. The third-order valence-corrected chi connectivity index (χ3v) is 3.06. The quantitative estimate of drug-likeness (QED) is 0.584. The van der Waals surface area contributed by atoms with E-state index < -0.39 is 16.8 Å². The largest absolute Gasteiger partial charge is 0.480 e. The van der Waals surface area contributed by atoms with Crippen LogP contribution in [0.2, 0.25) is 0 Å². The highest BCUT2D eigenvalue weighted by Crippen LogP contribution is 2.34. The summed E-state index contributed by atoms with van der Waals surface area (Å²) in [6.07, 6.45) is 1.64. The zero-order valence-electron chi connectivity index (χ0n) is 10.5. The third-order valence-electron chi connectivity index (χ3n) is 3.06. The van der Waals surface area contributed by atoms with Crippen LogP contribution in [0.25, 0.3) is 0 Å². The number of primary amides is 1. The summed E-state index contributed by atoms with van der Waals surface area (Å²) in [5.74, 6) is -1.86. The summed E-state index contributed by atoms with van der Waals surface area (Å²) in [5.41, 5.74) is 5.27. The molecular weight excluding hydrogens is 266 g/mol. The first-order valence-corrected chi connectivity index (χ1v) is 5.97. The fourth-order valence-electron chi connectivity index (χ4n) is 2.03. The molecule has 1 fully saturated rings. The number of carboxylic acids is 1. The van der Waals surface area contributed by atoms with Gasteiger partial charge in [-0.3, -0.25) is 19.7 Å². The highest BCUT2D eigenvalue weighted by atomic mass is 16.6. The molecule has 8 heteroatoms. The Bertz CT molecular complexity index is 582. The number of nitro groups is 1. The number of anilines is 1. The zero-order valence-corrected chi connectivity index (χ0v) is 10.5. The van der Waals surface area contributed by atoms with Crippen LogP contribution < -0.4 is 10.6 Å². The number of rotatable bonds is 6. The molecule has 0 aromatic heterocycles. The van der Waals surface area contributed by atoms with Gasteiger partial charge in [0, 0.05) is 18.2 Å². The fourth-order valence-corrected chi connectivity index (χ4v) is 2.03. The van der Waals surface area contributed by atoms with Gasteiger partial charge < -0.3 is 15.7 Å². The van der Waals surface area contributed by atoms with Crippen molar-refractivity contribution in [1.82, 2.24) is 0 Å². The number of nitrogens with zero attached hydrogens (tertiary/aromatic N) is 2. The highest BCUT2D eigenvalue weighted by molar-refractivity contribution is 6.00. The summed E-state index contributed by atoms with van der Waals surface area (Å²) in [5, 5.41) is 19.7. The topological polar surface area (TPSA) is 127 Å². The van der Waals surface area contributed by atoms with Gasteiger partial charge in [0.15, 0.2) is 0 Å². The highest BCUT2D eigenvalue weighted by Gasteiger charge is 2.33. The molecule has 0 aliphatic heterocycles. The lowest BCUT2D eigenvalue weighted by molar-refractivity contribution is -0.384. The van der Waals surface area contributed by atoms with Gasteiger partial charge in [-0.15, -0.1) is 0 Å². The number of hydrogen-bond donors (Lipinski definition) is 2. The van der Waals surface area contributed by atoms with Crippen LogP contribution >= 0.6 is 0 Å². The van der Waals surface area contributed by atoms with Crippen molar-refractivity contribution >= 4 is 23.3 Å². The SMILES string of the molecule is NC(=O)c1cc([N+](=O)[O-])ccc1N(CC(=O)O)C1CC1. The molecule has 2 rings (SSSR count). The van der Waals surface area contributed by atoms with E-state index in [1.54, 1.807) is 4.90 Å². The summed E-state index contributed by atoms with van der Waals surface area (Å²) in [7, 11) is 0. The average Bonchev–Trinajstić information content (AvgIpc) is 3.19. The smallest absolute Gasteiger partial charge is 0.323 e. The maximum Gasteiger partial charge on any atom is 0.323 e. The summed E-state index contributed by atoms with van der Waals surface area (Å²) >= 11 is 0. The van der Waals surface area contributed by atoms with Gasteiger partial charge in [0.05, 0.1) is 16.2 Å². The molecule has 0 saturated heterocycles. The van der Waals surface area contributed by atoms with E-state index in [-0.39, 0.29) is 23.8 Å². The number of carbonyl (C=O) groups is 2. The molecule has 1 saturated carbocycles. The van der Waals surface area contributed by atoms with Crippen molar-refractivity contribution in [2.24, 2.45) is 5.73 Å². The molecule has 8 nitrogen and oxygen atoms in total. The Balaban J connectivity index is 2.45. The Labute approximate surface area is 113 Å². The van der Waals surface area contributed by atoms with Crippen molar-refractivity contribution in [3.63, 3.8) is 0 Å². The number of carbonyl (C=O) groups excluding carboxylic acids is 1. The summed E-state index contributed by atoms with van der Waals surface area (Å²) in [4.78, 5) is 34.0. The molecule has 1 amide bonds. The first kappa shape index (κ1) is 13.8. The molecule has 1 aromatic carbocycles. The molecule has 20 heavy (non-hydrogen) atoms. The second-order valence-corrected chi connectivity index (χ2v) is 4.58. The molecule has 0 heterocycles. The first-order chi connectivity index (χ1) is 9.40. The molecule has 106 valence electrons.